The number of fused-ring (bicyclic) bond motifs is 1. The first-order valence-corrected chi connectivity index (χ1v) is 7.94. The Hall–Kier alpha value is -2.23. The van der Waals surface area contributed by atoms with Crippen molar-refractivity contribution >= 4 is 22.8 Å². The second kappa shape index (κ2) is 6.11. The summed E-state index contributed by atoms with van der Waals surface area (Å²) in [5.74, 6) is 0.330. The van der Waals surface area contributed by atoms with E-state index in [2.05, 4.69) is 0 Å². The second-order valence-electron chi connectivity index (χ2n) is 6.03. The van der Waals surface area contributed by atoms with Crippen LogP contribution in [-0.4, -0.2) is 18.7 Å². The summed E-state index contributed by atoms with van der Waals surface area (Å²) in [6.45, 7) is 2.33. The van der Waals surface area contributed by atoms with Gasteiger partial charge in [0.05, 0.1) is 12.0 Å². The fraction of sp³-hybridized carbons (Fsp3) is 0.368. The maximum absolute atomic E-state index is 15.1. The molecule has 1 fully saturated rings. The zero-order chi connectivity index (χ0) is 16.4. The van der Waals surface area contributed by atoms with Crippen LogP contribution in [0.2, 0.25) is 0 Å². The third kappa shape index (κ3) is 2.62. The van der Waals surface area contributed by atoms with E-state index in [1.807, 2.05) is 19.1 Å². The summed E-state index contributed by atoms with van der Waals surface area (Å²) in [5, 5.41) is 1.15. The summed E-state index contributed by atoms with van der Waals surface area (Å²) in [7, 11) is 0. The summed E-state index contributed by atoms with van der Waals surface area (Å²) in [4.78, 5) is 23.4. The third-order valence-electron chi connectivity index (χ3n) is 4.70. The van der Waals surface area contributed by atoms with Crippen molar-refractivity contribution in [2.75, 3.05) is 6.61 Å². The van der Waals surface area contributed by atoms with E-state index in [1.165, 1.54) is 0 Å². The summed E-state index contributed by atoms with van der Waals surface area (Å²) in [6, 6.07) is 8.75. The molecule has 0 spiro atoms. The van der Waals surface area contributed by atoms with Crippen LogP contribution in [0.15, 0.2) is 30.3 Å². The summed E-state index contributed by atoms with van der Waals surface area (Å²) < 4.78 is 20.8. The monoisotopic (exact) mass is 314 g/mol. The maximum atomic E-state index is 15.1. The number of hydrogen-bond donors (Lipinski definition) is 0. The van der Waals surface area contributed by atoms with E-state index in [1.54, 1.807) is 18.2 Å². The summed E-state index contributed by atoms with van der Waals surface area (Å²) >= 11 is 0. The molecule has 0 N–H and O–H groups in total. The number of carbonyl (C=O) groups is 2. The number of Topliss-reactive ketones (excluding diaryl/α,β-unsaturated/α-hetero) is 1. The van der Waals surface area contributed by atoms with Crippen molar-refractivity contribution in [2.24, 2.45) is 0 Å². The van der Waals surface area contributed by atoms with Crippen molar-refractivity contribution in [3.8, 4) is 5.75 Å². The van der Waals surface area contributed by atoms with Crippen LogP contribution in [0.5, 0.6) is 5.75 Å². The highest BCUT2D eigenvalue weighted by Gasteiger charge is 2.39. The Kier molecular flexibility index (Phi) is 4.16. The van der Waals surface area contributed by atoms with Gasteiger partial charge in [0.25, 0.3) is 0 Å². The van der Waals surface area contributed by atoms with Gasteiger partial charge in [0, 0.05) is 29.2 Å². The molecule has 1 saturated carbocycles. The van der Waals surface area contributed by atoms with Gasteiger partial charge in [-0.25, -0.2) is 4.39 Å². The molecule has 0 aliphatic heterocycles. The molecular formula is C19H19FO3. The highest BCUT2D eigenvalue weighted by molar-refractivity contribution is 5.91. The van der Waals surface area contributed by atoms with E-state index in [4.69, 9.17) is 4.74 Å². The molecule has 0 unspecified atom stereocenters. The molecule has 0 bridgehead atoms. The molecule has 0 radical (unpaired) electrons. The predicted octanol–water partition coefficient (Wildman–Crippen LogP) is 3.96. The predicted molar refractivity (Wildman–Crippen MR) is 86.3 cm³/mol. The number of benzene rings is 2. The van der Waals surface area contributed by atoms with Crippen LogP contribution in [0.3, 0.4) is 0 Å². The molecule has 1 aliphatic rings. The normalized spacial score (nSPS) is 17.2. The Morgan fingerprint density at radius 3 is 2.48 bits per heavy atom. The lowest BCUT2D eigenvalue weighted by Gasteiger charge is -2.32. The molecule has 4 heteroatoms. The topological polar surface area (TPSA) is 43.4 Å². The van der Waals surface area contributed by atoms with E-state index in [0.29, 0.717) is 54.4 Å². The fourth-order valence-electron chi connectivity index (χ4n) is 3.37. The molecule has 0 aromatic heterocycles. The first-order valence-electron chi connectivity index (χ1n) is 7.94. The molecule has 0 amide bonds. The average Bonchev–Trinajstić information content (AvgIpc) is 2.59. The maximum Gasteiger partial charge on any atom is 0.135 e. The van der Waals surface area contributed by atoms with Crippen molar-refractivity contribution in [1.82, 2.24) is 0 Å². The minimum Gasteiger partial charge on any atom is -0.493 e. The van der Waals surface area contributed by atoms with Crippen LogP contribution in [-0.2, 0) is 15.0 Å². The number of rotatable bonds is 4. The van der Waals surface area contributed by atoms with Crippen LogP contribution in [0.1, 0.15) is 38.2 Å². The quantitative estimate of drug-likeness (QED) is 0.802. The molecule has 1 aliphatic carbocycles. The van der Waals surface area contributed by atoms with Gasteiger partial charge in [0.15, 0.2) is 0 Å². The van der Waals surface area contributed by atoms with Crippen molar-refractivity contribution in [3.63, 3.8) is 0 Å². The van der Waals surface area contributed by atoms with Gasteiger partial charge in [-0.3, -0.25) is 4.79 Å². The average molecular weight is 314 g/mol. The van der Waals surface area contributed by atoms with Gasteiger partial charge in [-0.05, 0) is 25.8 Å². The molecule has 3 rings (SSSR count). The van der Waals surface area contributed by atoms with Crippen molar-refractivity contribution in [3.05, 3.63) is 41.7 Å². The molecule has 3 nitrogen and oxygen atoms in total. The Balaban J connectivity index is 2.22. The molecule has 0 atom stereocenters. The van der Waals surface area contributed by atoms with E-state index >= 15 is 4.39 Å². The SMILES string of the molecule is CCOc1cc(C2(C=O)CCC(=O)CC2)c(F)c2ccccc12. The number of ether oxygens (including phenoxy) is 1. The Morgan fingerprint density at radius 1 is 1.22 bits per heavy atom. The van der Waals surface area contributed by atoms with Gasteiger partial charge in [-0.15, -0.1) is 0 Å². The van der Waals surface area contributed by atoms with E-state index < -0.39 is 5.41 Å². The zero-order valence-corrected chi connectivity index (χ0v) is 13.1. The minimum absolute atomic E-state index is 0.133. The van der Waals surface area contributed by atoms with Crippen molar-refractivity contribution in [1.29, 1.82) is 0 Å². The lowest BCUT2D eigenvalue weighted by molar-refractivity contribution is -0.123. The molecule has 2 aromatic rings. The van der Waals surface area contributed by atoms with E-state index in [9.17, 15) is 9.59 Å². The van der Waals surface area contributed by atoms with Gasteiger partial charge < -0.3 is 9.53 Å². The number of ketones is 1. The van der Waals surface area contributed by atoms with Crippen LogP contribution in [0.25, 0.3) is 10.8 Å². The van der Waals surface area contributed by atoms with Crippen LogP contribution < -0.4 is 4.74 Å². The second-order valence-corrected chi connectivity index (χ2v) is 6.03. The van der Waals surface area contributed by atoms with Crippen molar-refractivity contribution in [2.45, 2.75) is 38.0 Å². The number of carbonyl (C=O) groups excluding carboxylic acids is 2. The Labute approximate surface area is 134 Å². The first kappa shape index (κ1) is 15.7. The highest BCUT2D eigenvalue weighted by atomic mass is 19.1. The van der Waals surface area contributed by atoms with Gasteiger partial charge in [0.1, 0.15) is 23.6 Å². The number of hydrogen-bond acceptors (Lipinski definition) is 3. The molecule has 23 heavy (non-hydrogen) atoms. The minimum atomic E-state index is -0.937. The van der Waals surface area contributed by atoms with Gasteiger partial charge in [0.2, 0.25) is 0 Å². The van der Waals surface area contributed by atoms with Crippen LogP contribution >= 0.6 is 0 Å². The molecule has 120 valence electrons. The molecule has 0 heterocycles. The first-order chi connectivity index (χ1) is 11.1. The fourth-order valence-corrected chi connectivity index (χ4v) is 3.37. The lowest BCUT2D eigenvalue weighted by Crippen LogP contribution is -2.34. The zero-order valence-electron chi connectivity index (χ0n) is 13.1. The highest BCUT2D eigenvalue weighted by Crippen LogP contribution is 2.42. The van der Waals surface area contributed by atoms with Gasteiger partial charge in [-0.2, -0.15) is 0 Å². The van der Waals surface area contributed by atoms with E-state index in [0.717, 1.165) is 6.29 Å². The molecule has 2 aromatic carbocycles. The van der Waals surface area contributed by atoms with Crippen molar-refractivity contribution < 1.29 is 18.7 Å². The Bertz CT molecular complexity index is 757. The number of aldehydes is 1. The summed E-state index contributed by atoms with van der Waals surface area (Å²) in [5.41, 5.74) is -0.587. The lowest BCUT2D eigenvalue weighted by atomic mass is 9.69. The molecule has 0 saturated heterocycles. The van der Waals surface area contributed by atoms with E-state index in [-0.39, 0.29) is 11.6 Å². The summed E-state index contributed by atoms with van der Waals surface area (Å²) in [6.07, 6.45) is 2.15. The standard InChI is InChI=1S/C19H19FO3/c1-2-23-17-11-16(18(20)15-6-4-3-5-14(15)17)19(12-21)9-7-13(22)8-10-19/h3-6,11-12H,2,7-10H2,1H3. The van der Waals surface area contributed by atoms with Gasteiger partial charge >= 0.3 is 0 Å². The van der Waals surface area contributed by atoms with Crippen LogP contribution in [0, 0.1) is 5.82 Å². The number of halogens is 1. The van der Waals surface area contributed by atoms with Crippen LogP contribution in [0.4, 0.5) is 4.39 Å². The smallest absolute Gasteiger partial charge is 0.135 e. The largest absolute Gasteiger partial charge is 0.493 e. The van der Waals surface area contributed by atoms with Gasteiger partial charge in [-0.1, -0.05) is 24.3 Å². The Morgan fingerprint density at radius 2 is 1.87 bits per heavy atom. The third-order valence-corrected chi connectivity index (χ3v) is 4.70. The molecular weight excluding hydrogens is 295 g/mol.